The molecule has 3 aromatic rings. The van der Waals surface area contributed by atoms with Crippen LogP contribution >= 0.6 is 12.4 Å². The molecule has 1 radical (unpaired) electrons. The Bertz CT molecular complexity index is 938. The van der Waals surface area contributed by atoms with Crippen LogP contribution in [0.15, 0.2) is 72.8 Å². The van der Waals surface area contributed by atoms with Crippen molar-refractivity contribution < 1.29 is 28.6 Å². The van der Waals surface area contributed by atoms with Gasteiger partial charge < -0.3 is 0 Å². The molecule has 0 aromatic heterocycles. The fraction of sp³-hybridized carbons (Fsp3) is 0.125. The van der Waals surface area contributed by atoms with Crippen LogP contribution in [-0.4, -0.2) is 59.0 Å². The Hall–Kier alpha value is -2.84. The molecular formula is C24H22ClO6Sn. The zero-order valence-electron chi connectivity index (χ0n) is 17.8. The van der Waals surface area contributed by atoms with Crippen molar-refractivity contribution in [2.75, 3.05) is 21.3 Å². The van der Waals surface area contributed by atoms with Crippen molar-refractivity contribution in [1.29, 1.82) is 0 Å². The molecule has 0 saturated heterocycles. The van der Waals surface area contributed by atoms with E-state index in [0.717, 1.165) is 10.7 Å². The van der Waals surface area contributed by atoms with Crippen molar-refractivity contribution >= 4 is 60.8 Å². The van der Waals surface area contributed by atoms with Gasteiger partial charge in [0.15, 0.2) is 0 Å². The summed E-state index contributed by atoms with van der Waals surface area (Å²) >= 11 is -2.68. The minimum absolute atomic E-state index is 0. The van der Waals surface area contributed by atoms with Gasteiger partial charge in [-0.2, -0.15) is 0 Å². The number of halogens is 1. The van der Waals surface area contributed by atoms with Gasteiger partial charge in [0, 0.05) is 0 Å². The number of hydrogen-bond donors (Lipinski definition) is 0. The maximum absolute atomic E-state index is 11.8. The second-order valence-corrected chi connectivity index (χ2v) is 13.7. The van der Waals surface area contributed by atoms with Crippen molar-refractivity contribution in [1.82, 2.24) is 0 Å². The molecule has 8 heteroatoms. The summed E-state index contributed by atoms with van der Waals surface area (Å²) in [7, 11) is 4.05. The largest absolute Gasteiger partial charge is 0.147 e. The molecule has 0 N–H and O–H groups in total. The third kappa shape index (κ3) is 5.69. The normalized spacial score (nSPS) is 10.1. The topological polar surface area (TPSA) is 78.9 Å². The van der Waals surface area contributed by atoms with E-state index in [2.05, 4.69) is 0 Å². The van der Waals surface area contributed by atoms with E-state index in [0.29, 0.717) is 16.7 Å². The third-order valence-corrected chi connectivity index (χ3v) is 12.6. The van der Waals surface area contributed by atoms with Crippen LogP contribution in [0.1, 0.15) is 31.1 Å². The molecule has 0 unspecified atom stereocenters. The van der Waals surface area contributed by atoms with Gasteiger partial charge in [-0.1, -0.05) is 0 Å². The van der Waals surface area contributed by atoms with Gasteiger partial charge in [0.25, 0.3) is 0 Å². The Morgan fingerprint density at radius 1 is 0.500 bits per heavy atom. The first-order valence-corrected chi connectivity index (χ1v) is 13.7. The van der Waals surface area contributed by atoms with E-state index in [1.165, 1.54) is 21.3 Å². The maximum atomic E-state index is 11.8. The average molecular weight is 561 g/mol. The molecule has 0 fully saturated rings. The Labute approximate surface area is 199 Å². The van der Waals surface area contributed by atoms with Crippen LogP contribution in [0.5, 0.6) is 0 Å². The van der Waals surface area contributed by atoms with Crippen LogP contribution in [-0.2, 0) is 14.2 Å². The van der Waals surface area contributed by atoms with E-state index in [1.54, 1.807) is 36.4 Å². The van der Waals surface area contributed by atoms with Crippen molar-refractivity contribution in [2.24, 2.45) is 0 Å². The summed E-state index contributed by atoms with van der Waals surface area (Å²) in [4.78, 5) is 35.4. The third-order valence-electron chi connectivity index (χ3n) is 4.78. The van der Waals surface area contributed by atoms with Crippen LogP contribution in [0.4, 0.5) is 0 Å². The number of benzene rings is 3. The number of ether oxygens (including phenoxy) is 3. The molecule has 0 atom stereocenters. The molecule has 6 nitrogen and oxygen atoms in total. The molecule has 0 bridgehead atoms. The summed E-state index contributed by atoms with van der Waals surface area (Å²) in [5.74, 6) is -1.16. The zero-order valence-corrected chi connectivity index (χ0v) is 21.5. The fourth-order valence-corrected chi connectivity index (χ4v) is 10.3. The quantitative estimate of drug-likeness (QED) is 0.261. The van der Waals surface area contributed by atoms with Gasteiger partial charge in [-0.25, -0.2) is 0 Å². The molecule has 3 rings (SSSR count). The van der Waals surface area contributed by atoms with Crippen LogP contribution in [0.2, 0.25) is 0 Å². The van der Waals surface area contributed by atoms with Crippen LogP contribution in [0.25, 0.3) is 0 Å². The molecular weight excluding hydrogens is 538 g/mol. The van der Waals surface area contributed by atoms with Crippen LogP contribution in [0, 0.1) is 0 Å². The van der Waals surface area contributed by atoms with Crippen LogP contribution < -0.4 is 10.7 Å². The smallest absolute Gasteiger partial charge is 0.147 e. The van der Waals surface area contributed by atoms with Gasteiger partial charge in [0.2, 0.25) is 0 Å². The number of esters is 3. The molecule has 165 valence electrons. The minimum Gasteiger partial charge on any atom is -0.147 e. The summed E-state index contributed by atoms with van der Waals surface area (Å²) in [6, 6.07) is 22.2. The van der Waals surface area contributed by atoms with E-state index in [9.17, 15) is 14.4 Å². The molecule has 0 aliphatic heterocycles. The van der Waals surface area contributed by atoms with E-state index >= 15 is 0 Å². The average Bonchev–Trinajstić information content (AvgIpc) is 2.84. The van der Waals surface area contributed by atoms with E-state index in [1.807, 2.05) is 36.4 Å². The van der Waals surface area contributed by atoms with Crippen molar-refractivity contribution in [3.8, 4) is 0 Å². The van der Waals surface area contributed by atoms with Gasteiger partial charge in [-0.15, -0.1) is 12.4 Å². The fourth-order valence-electron chi connectivity index (χ4n) is 3.17. The Kier molecular flexibility index (Phi) is 9.28. The Morgan fingerprint density at radius 2 is 0.719 bits per heavy atom. The molecule has 0 heterocycles. The first-order chi connectivity index (χ1) is 15.0. The van der Waals surface area contributed by atoms with Gasteiger partial charge in [-0.3, -0.25) is 0 Å². The predicted molar refractivity (Wildman–Crippen MR) is 125 cm³/mol. The number of methoxy groups -OCH3 is 3. The number of carbonyl (C=O) groups excluding carboxylic acids is 3. The molecule has 0 aliphatic carbocycles. The molecule has 32 heavy (non-hydrogen) atoms. The Balaban J connectivity index is 0.00000363. The monoisotopic (exact) mass is 561 g/mol. The van der Waals surface area contributed by atoms with Gasteiger partial charge in [0.05, 0.1) is 0 Å². The second kappa shape index (κ2) is 11.7. The summed E-state index contributed by atoms with van der Waals surface area (Å²) in [6.45, 7) is 0. The summed E-state index contributed by atoms with van der Waals surface area (Å²) in [5.41, 5.74) is 1.45. The molecule has 0 spiro atoms. The summed E-state index contributed by atoms with van der Waals surface area (Å²) in [5, 5.41) is 0. The zero-order chi connectivity index (χ0) is 22.4. The first-order valence-electron chi connectivity index (χ1n) is 9.41. The predicted octanol–water partition coefficient (Wildman–Crippen LogP) is 1.98. The standard InChI is InChI=1S/3C8H7O2.ClH.Sn/c3*1-10-8(9)7-5-3-2-4-6-7;;/h3*3-6H,1H3;1H;. The molecule has 0 amide bonds. The maximum Gasteiger partial charge on any atom is -0.147 e. The molecule has 0 aliphatic rings. The summed E-state index contributed by atoms with van der Waals surface area (Å²) < 4.78 is 17.8. The minimum atomic E-state index is -2.68. The van der Waals surface area contributed by atoms with E-state index < -0.39 is 19.8 Å². The van der Waals surface area contributed by atoms with Gasteiger partial charge in [-0.05, 0) is 0 Å². The molecule has 3 aromatic carbocycles. The van der Waals surface area contributed by atoms with E-state index in [4.69, 9.17) is 14.2 Å². The SMILES string of the molecule is COC(=O)c1cc[c]([Sn]([c]2ccc(C(=O)OC)cc2)[c]2ccc(C(=O)OC)cc2)cc1.Cl. The number of carbonyl (C=O) groups is 3. The number of hydrogen-bond acceptors (Lipinski definition) is 6. The number of rotatable bonds is 6. The van der Waals surface area contributed by atoms with E-state index in [-0.39, 0.29) is 30.3 Å². The van der Waals surface area contributed by atoms with Crippen molar-refractivity contribution in [3.05, 3.63) is 89.5 Å². The Morgan fingerprint density at radius 3 is 0.906 bits per heavy atom. The van der Waals surface area contributed by atoms with Gasteiger partial charge in [0.1, 0.15) is 0 Å². The van der Waals surface area contributed by atoms with Crippen molar-refractivity contribution in [2.45, 2.75) is 0 Å². The van der Waals surface area contributed by atoms with Crippen LogP contribution in [0.3, 0.4) is 0 Å². The molecule has 0 saturated carbocycles. The second-order valence-electron chi connectivity index (χ2n) is 6.58. The van der Waals surface area contributed by atoms with Crippen molar-refractivity contribution in [3.63, 3.8) is 0 Å². The first kappa shape index (κ1) is 25.4. The van der Waals surface area contributed by atoms with Gasteiger partial charge >= 0.3 is 188 Å². The summed E-state index contributed by atoms with van der Waals surface area (Å²) in [6.07, 6.45) is 0.